The second-order valence-electron chi connectivity index (χ2n) is 12.0. The van der Waals surface area contributed by atoms with Crippen molar-refractivity contribution < 1.29 is 19.5 Å². The van der Waals surface area contributed by atoms with E-state index in [1.807, 2.05) is 28.8 Å². The summed E-state index contributed by atoms with van der Waals surface area (Å²) in [6.07, 6.45) is 13.8. The second-order valence-corrected chi connectivity index (χ2v) is 12.0. The SMILES string of the molecule is COCCON=C(C(=O)O)c1nc2ccccc2n(C2C[C@H]3CC[C@@H](C2)N3C2C[C@H]3CCCC[C@@H](C2)C3)c1=O. The first-order chi connectivity index (χ1) is 19.0. The van der Waals surface area contributed by atoms with Crippen molar-refractivity contribution in [3.05, 3.63) is 40.3 Å². The van der Waals surface area contributed by atoms with E-state index in [0.29, 0.717) is 23.6 Å². The predicted molar refractivity (Wildman–Crippen MR) is 148 cm³/mol. The van der Waals surface area contributed by atoms with Gasteiger partial charge in [-0.1, -0.05) is 43.0 Å². The Bertz CT molecular complexity index is 1260. The van der Waals surface area contributed by atoms with Crippen LogP contribution in [-0.2, 0) is 14.4 Å². The van der Waals surface area contributed by atoms with E-state index in [2.05, 4.69) is 15.0 Å². The number of hydrogen-bond donors (Lipinski definition) is 1. The van der Waals surface area contributed by atoms with Crippen molar-refractivity contribution in [2.24, 2.45) is 17.0 Å². The summed E-state index contributed by atoms with van der Waals surface area (Å²) in [7, 11) is 1.52. The van der Waals surface area contributed by atoms with Gasteiger partial charge < -0.3 is 19.2 Å². The molecule has 6 rings (SSSR count). The number of oxime groups is 1. The van der Waals surface area contributed by atoms with Crippen LogP contribution in [0.1, 0.15) is 82.4 Å². The molecule has 9 nitrogen and oxygen atoms in total. The summed E-state index contributed by atoms with van der Waals surface area (Å²) in [6, 6.07) is 9.10. The minimum absolute atomic E-state index is 0.00628. The molecule has 1 N–H and O–H groups in total. The number of fused-ring (bicyclic) bond motifs is 5. The van der Waals surface area contributed by atoms with Crippen LogP contribution >= 0.6 is 0 Å². The summed E-state index contributed by atoms with van der Waals surface area (Å²) in [4.78, 5) is 38.6. The molecule has 1 aromatic heterocycles. The van der Waals surface area contributed by atoms with E-state index in [0.717, 1.165) is 30.2 Å². The lowest BCUT2D eigenvalue weighted by Gasteiger charge is -2.48. The van der Waals surface area contributed by atoms with Crippen molar-refractivity contribution in [2.45, 2.75) is 94.8 Å². The van der Waals surface area contributed by atoms with Gasteiger partial charge in [0.25, 0.3) is 5.56 Å². The molecule has 4 fully saturated rings. The quantitative estimate of drug-likeness (QED) is 0.303. The Labute approximate surface area is 229 Å². The number of aliphatic carboxylic acids is 1. The number of rotatable bonds is 8. The third-order valence-corrected chi connectivity index (χ3v) is 9.66. The molecule has 0 radical (unpaired) electrons. The fraction of sp³-hybridized carbons (Fsp3) is 0.667. The zero-order valence-electron chi connectivity index (χ0n) is 22.8. The number of nitrogens with zero attached hydrogens (tertiary/aromatic N) is 4. The van der Waals surface area contributed by atoms with E-state index >= 15 is 0 Å². The Morgan fingerprint density at radius 3 is 2.31 bits per heavy atom. The summed E-state index contributed by atoms with van der Waals surface area (Å²) in [5.74, 6) is 0.414. The normalized spacial score (nSPS) is 31.3. The van der Waals surface area contributed by atoms with Gasteiger partial charge in [0, 0.05) is 31.3 Å². The maximum atomic E-state index is 14.0. The van der Waals surface area contributed by atoms with Crippen LogP contribution in [-0.4, -0.2) is 69.7 Å². The minimum atomic E-state index is -1.34. The molecule has 9 heteroatoms. The number of carboxylic acid groups (broad SMARTS) is 1. The van der Waals surface area contributed by atoms with Crippen LogP contribution in [0.25, 0.3) is 11.0 Å². The highest BCUT2D eigenvalue weighted by Crippen LogP contribution is 2.47. The molecule has 4 bridgehead atoms. The minimum Gasteiger partial charge on any atom is -0.476 e. The van der Waals surface area contributed by atoms with E-state index in [4.69, 9.17) is 9.57 Å². The van der Waals surface area contributed by atoms with Gasteiger partial charge in [0.2, 0.25) is 5.71 Å². The van der Waals surface area contributed by atoms with Crippen LogP contribution in [0.5, 0.6) is 0 Å². The van der Waals surface area contributed by atoms with Crippen molar-refractivity contribution in [1.29, 1.82) is 0 Å². The molecule has 1 aromatic carbocycles. The molecule has 39 heavy (non-hydrogen) atoms. The molecule has 2 aromatic rings. The molecule has 4 aliphatic rings. The Morgan fingerprint density at radius 1 is 0.949 bits per heavy atom. The molecular formula is C30H40N4O5. The fourth-order valence-electron chi connectivity index (χ4n) is 8.19. The summed E-state index contributed by atoms with van der Waals surface area (Å²) in [6.45, 7) is 0.343. The Morgan fingerprint density at radius 2 is 1.64 bits per heavy atom. The molecule has 210 valence electrons. The van der Waals surface area contributed by atoms with Gasteiger partial charge >= 0.3 is 5.97 Å². The van der Waals surface area contributed by atoms with Crippen LogP contribution in [0, 0.1) is 11.8 Å². The maximum absolute atomic E-state index is 14.0. The van der Waals surface area contributed by atoms with Gasteiger partial charge in [-0.3, -0.25) is 9.69 Å². The summed E-state index contributed by atoms with van der Waals surface area (Å²) in [5, 5.41) is 13.7. The van der Waals surface area contributed by atoms with Gasteiger partial charge in [0.1, 0.15) is 6.61 Å². The zero-order chi connectivity index (χ0) is 26.9. The van der Waals surface area contributed by atoms with E-state index in [1.54, 1.807) is 0 Å². The van der Waals surface area contributed by atoms with Crippen molar-refractivity contribution in [3.8, 4) is 0 Å². The first kappa shape index (κ1) is 26.4. The van der Waals surface area contributed by atoms with Gasteiger partial charge in [-0.05, 0) is 68.9 Å². The van der Waals surface area contributed by atoms with E-state index in [9.17, 15) is 14.7 Å². The highest BCUT2D eigenvalue weighted by molar-refractivity contribution is 6.41. The topological polar surface area (TPSA) is 106 Å². The van der Waals surface area contributed by atoms with Crippen molar-refractivity contribution >= 4 is 22.7 Å². The average Bonchev–Trinajstić information content (AvgIpc) is 3.08. The van der Waals surface area contributed by atoms with Crippen LogP contribution in [0.4, 0.5) is 0 Å². The largest absolute Gasteiger partial charge is 0.476 e. The molecule has 2 saturated carbocycles. The highest BCUT2D eigenvalue weighted by atomic mass is 16.6. The molecular weight excluding hydrogens is 496 g/mol. The third kappa shape index (κ3) is 5.23. The smallest absolute Gasteiger partial charge is 0.360 e. The maximum Gasteiger partial charge on any atom is 0.360 e. The van der Waals surface area contributed by atoms with E-state index < -0.39 is 17.2 Å². The van der Waals surface area contributed by atoms with Crippen LogP contribution in [0.3, 0.4) is 0 Å². The van der Waals surface area contributed by atoms with Crippen molar-refractivity contribution in [1.82, 2.24) is 14.5 Å². The van der Waals surface area contributed by atoms with Crippen LogP contribution in [0.15, 0.2) is 34.2 Å². The van der Waals surface area contributed by atoms with Gasteiger partial charge in [0.05, 0.1) is 17.6 Å². The molecule has 6 atom stereocenters. The molecule has 0 spiro atoms. The monoisotopic (exact) mass is 536 g/mol. The van der Waals surface area contributed by atoms with Crippen molar-refractivity contribution in [3.63, 3.8) is 0 Å². The van der Waals surface area contributed by atoms with Gasteiger partial charge in [-0.2, -0.15) is 0 Å². The number of carboxylic acids is 1. The number of hydrogen-bond acceptors (Lipinski definition) is 7. The molecule has 3 heterocycles. The highest BCUT2D eigenvalue weighted by Gasteiger charge is 2.47. The van der Waals surface area contributed by atoms with Crippen molar-refractivity contribution in [2.75, 3.05) is 20.3 Å². The van der Waals surface area contributed by atoms with Crippen LogP contribution in [0.2, 0.25) is 0 Å². The standard InChI is InChI=1S/C30H40N4O5/c1-38-12-13-39-32-28(30(36)37)27-29(35)34(26-9-5-4-8-25(26)31-27)24-17-21-10-11-22(18-24)33(21)23-15-19-6-2-3-7-20(14-19)16-23/h4-5,8-9,19-24H,2-3,6-7,10-18H2,1H3,(H,36,37)/t19-,20+,21-,22+,23?,24?. The number of aromatic nitrogens is 2. The Kier molecular flexibility index (Phi) is 7.71. The number of carbonyl (C=O) groups is 1. The summed E-state index contributed by atoms with van der Waals surface area (Å²) >= 11 is 0. The molecule has 0 amide bonds. The molecule has 2 aliphatic heterocycles. The van der Waals surface area contributed by atoms with Gasteiger partial charge in [-0.25, -0.2) is 9.78 Å². The van der Waals surface area contributed by atoms with Crippen LogP contribution < -0.4 is 5.56 Å². The lowest BCUT2D eigenvalue weighted by Crippen LogP contribution is -2.52. The summed E-state index contributed by atoms with van der Waals surface area (Å²) in [5.41, 5.74) is 0.277. The van der Waals surface area contributed by atoms with E-state index in [-0.39, 0.29) is 24.9 Å². The Hall–Kier alpha value is -2.78. The lowest BCUT2D eigenvalue weighted by molar-refractivity contribution is -0.129. The number of para-hydroxylation sites is 2. The number of benzene rings is 1. The van der Waals surface area contributed by atoms with Gasteiger partial charge in [0.15, 0.2) is 5.69 Å². The molecule has 2 unspecified atom stereocenters. The Balaban J connectivity index is 1.32. The number of ether oxygens (including phenoxy) is 1. The van der Waals surface area contributed by atoms with E-state index in [1.165, 1.54) is 64.9 Å². The number of methoxy groups -OCH3 is 1. The molecule has 2 saturated heterocycles. The third-order valence-electron chi connectivity index (χ3n) is 9.66. The first-order valence-corrected chi connectivity index (χ1v) is 14.7. The first-order valence-electron chi connectivity index (χ1n) is 14.7. The lowest BCUT2D eigenvalue weighted by atomic mass is 9.76. The number of piperidine rings is 1. The fourth-order valence-corrected chi connectivity index (χ4v) is 8.19. The zero-order valence-corrected chi connectivity index (χ0v) is 22.8. The van der Waals surface area contributed by atoms with Gasteiger partial charge in [-0.15, -0.1) is 0 Å². The second kappa shape index (κ2) is 11.4. The molecule has 2 aliphatic carbocycles. The average molecular weight is 537 g/mol. The predicted octanol–water partition coefficient (Wildman–Crippen LogP) is 4.38. The summed E-state index contributed by atoms with van der Waals surface area (Å²) < 4.78 is 6.76.